The van der Waals surface area contributed by atoms with Crippen LogP contribution in [0.25, 0.3) is 10.2 Å². The molecule has 1 fully saturated rings. The lowest BCUT2D eigenvalue weighted by atomic mass is 10.1. The van der Waals surface area contributed by atoms with Gasteiger partial charge in [0.1, 0.15) is 22.7 Å². The lowest BCUT2D eigenvalue weighted by Crippen LogP contribution is -2.46. The summed E-state index contributed by atoms with van der Waals surface area (Å²) in [5.74, 6) is 2.14. The molecule has 3 heterocycles. The van der Waals surface area contributed by atoms with Crippen LogP contribution >= 0.6 is 11.3 Å². The first-order valence-corrected chi connectivity index (χ1v) is 10.9. The van der Waals surface area contributed by atoms with Crippen molar-refractivity contribution in [1.29, 1.82) is 0 Å². The molecule has 3 aromatic rings. The zero-order valence-electron chi connectivity index (χ0n) is 16.6. The second-order valence-electron chi connectivity index (χ2n) is 7.81. The van der Waals surface area contributed by atoms with Crippen LogP contribution in [-0.2, 0) is 19.4 Å². The number of piperazine rings is 1. The highest BCUT2D eigenvalue weighted by Crippen LogP contribution is 2.40. The molecule has 0 radical (unpaired) electrons. The van der Waals surface area contributed by atoms with Crippen molar-refractivity contribution in [2.75, 3.05) is 38.2 Å². The molecule has 1 saturated heterocycles. The van der Waals surface area contributed by atoms with Crippen molar-refractivity contribution < 1.29 is 4.74 Å². The summed E-state index contributed by atoms with van der Waals surface area (Å²) in [5.41, 5.74) is 4.07. The fourth-order valence-electron chi connectivity index (χ4n) is 4.54. The van der Waals surface area contributed by atoms with E-state index in [1.807, 2.05) is 11.3 Å². The summed E-state index contributed by atoms with van der Waals surface area (Å²) < 4.78 is 5.56. The molecular formula is C22H26N4OS. The van der Waals surface area contributed by atoms with E-state index >= 15 is 0 Å². The summed E-state index contributed by atoms with van der Waals surface area (Å²) in [6.07, 6.45) is 5.41. The summed E-state index contributed by atoms with van der Waals surface area (Å²) in [5, 5.41) is 1.33. The van der Waals surface area contributed by atoms with Gasteiger partial charge in [-0.1, -0.05) is 17.7 Å². The molecule has 0 unspecified atom stereocenters. The predicted molar refractivity (Wildman–Crippen MR) is 115 cm³/mol. The van der Waals surface area contributed by atoms with Gasteiger partial charge in [0.05, 0.1) is 12.5 Å². The highest BCUT2D eigenvalue weighted by molar-refractivity contribution is 7.19. The lowest BCUT2D eigenvalue weighted by Gasteiger charge is -2.36. The summed E-state index contributed by atoms with van der Waals surface area (Å²) in [6.45, 7) is 7.16. The number of thiophene rings is 1. The van der Waals surface area contributed by atoms with Gasteiger partial charge in [-0.3, -0.25) is 4.90 Å². The maximum atomic E-state index is 5.56. The van der Waals surface area contributed by atoms with Crippen LogP contribution in [0.4, 0.5) is 5.82 Å². The Labute approximate surface area is 170 Å². The van der Waals surface area contributed by atoms with Gasteiger partial charge in [0.25, 0.3) is 0 Å². The van der Waals surface area contributed by atoms with Gasteiger partial charge in [-0.05, 0) is 37.8 Å². The molecule has 0 bridgehead atoms. The first-order chi connectivity index (χ1) is 13.7. The Morgan fingerprint density at radius 1 is 1.11 bits per heavy atom. The Morgan fingerprint density at radius 3 is 2.79 bits per heavy atom. The number of aromatic nitrogens is 2. The highest BCUT2D eigenvalue weighted by atomic mass is 32.1. The van der Waals surface area contributed by atoms with E-state index in [9.17, 15) is 0 Å². The maximum absolute atomic E-state index is 5.56. The first-order valence-electron chi connectivity index (χ1n) is 10.1. The lowest BCUT2D eigenvalue weighted by molar-refractivity contribution is 0.245. The molecule has 1 aliphatic heterocycles. The first kappa shape index (κ1) is 17.9. The molecule has 1 aromatic carbocycles. The van der Waals surface area contributed by atoms with Crippen LogP contribution in [0.15, 0.2) is 24.5 Å². The quantitative estimate of drug-likeness (QED) is 0.673. The van der Waals surface area contributed by atoms with Crippen molar-refractivity contribution in [3.05, 3.63) is 46.1 Å². The second-order valence-corrected chi connectivity index (χ2v) is 8.90. The Kier molecular flexibility index (Phi) is 4.69. The van der Waals surface area contributed by atoms with E-state index in [2.05, 4.69) is 39.9 Å². The molecule has 146 valence electrons. The zero-order valence-corrected chi connectivity index (χ0v) is 17.4. The number of nitrogens with zero attached hydrogens (tertiary/aromatic N) is 4. The summed E-state index contributed by atoms with van der Waals surface area (Å²) in [6, 6.07) is 6.43. The third-order valence-electron chi connectivity index (χ3n) is 5.98. The average Bonchev–Trinajstić information content (AvgIpc) is 3.30. The van der Waals surface area contributed by atoms with Crippen LogP contribution in [0.2, 0.25) is 0 Å². The molecule has 2 aliphatic rings. The van der Waals surface area contributed by atoms with Crippen LogP contribution in [0, 0.1) is 6.92 Å². The van der Waals surface area contributed by atoms with E-state index in [0.29, 0.717) is 0 Å². The number of hydrogen-bond donors (Lipinski definition) is 0. The monoisotopic (exact) mass is 394 g/mol. The van der Waals surface area contributed by atoms with Gasteiger partial charge in [0.15, 0.2) is 0 Å². The number of benzene rings is 1. The average molecular weight is 395 g/mol. The van der Waals surface area contributed by atoms with E-state index in [4.69, 9.17) is 9.72 Å². The van der Waals surface area contributed by atoms with Gasteiger partial charge < -0.3 is 9.64 Å². The Balaban J connectivity index is 1.33. The third kappa shape index (κ3) is 3.14. The number of methoxy groups -OCH3 is 1. The van der Waals surface area contributed by atoms with Crippen LogP contribution in [0.5, 0.6) is 5.75 Å². The van der Waals surface area contributed by atoms with E-state index < -0.39 is 0 Å². The molecule has 2 aromatic heterocycles. The SMILES string of the molecule is COc1ccc(C)cc1CN1CCN(c2ncnc3sc4c(c23)CCC4)CC1. The predicted octanol–water partition coefficient (Wildman–Crippen LogP) is 3.82. The minimum atomic E-state index is 0.936. The molecule has 28 heavy (non-hydrogen) atoms. The standard InChI is InChI=1S/C22H26N4OS/c1-15-6-7-18(27-2)16(12-15)13-25-8-10-26(11-9-25)21-20-17-4-3-5-19(17)28-22(20)24-14-23-21/h6-7,12,14H,3-5,8-11,13H2,1-2H3. The van der Waals surface area contributed by atoms with Gasteiger partial charge in [-0.2, -0.15) is 0 Å². The summed E-state index contributed by atoms with van der Waals surface area (Å²) in [4.78, 5) is 16.9. The normalized spacial score (nSPS) is 17.3. The fraction of sp³-hybridized carbons (Fsp3) is 0.455. The van der Waals surface area contributed by atoms with Crippen molar-refractivity contribution in [2.24, 2.45) is 0 Å². The minimum Gasteiger partial charge on any atom is -0.496 e. The number of hydrogen-bond acceptors (Lipinski definition) is 6. The number of aryl methyl sites for hydroxylation is 3. The minimum absolute atomic E-state index is 0.936. The largest absolute Gasteiger partial charge is 0.496 e. The van der Waals surface area contributed by atoms with Gasteiger partial charge in [-0.15, -0.1) is 11.3 Å². The second kappa shape index (κ2) is 7.33. The topological polar surface area (TPSA) is 41.5 Å². The Hall–Kier alpha value is -2.18. The molecule has 1 aliphatic carbocycles. The molecule has 0 N–H and O–H groups in total. The Bertz CT molecular complexity index is 1010. The van der Waals surface area contributed by atoms with Crippen LogP contribution in [0.1, 0.15) is 28.0 Å². The Morgan fingerprint density at radius 2 is 1.96 bits per heavy atom. The number of rotatable bonds is 4. The molecular weight excluding hydrogens is 368 g/mol. The maximum Gasteiger partial charge on any atom is 0.141 e. The van der Waals surface area contributed by atoms with Gasteiger partial charge in [0, 0.05) is 43.2 Å². The van der Waals surface area contributed by atoms with E-state index in [0.717, 1.165) is 44.3 Å². The van der Waals surface area contributed by atoms with Crippen molar-refractivity contribution in [3.8, 4) is 5.75 Å². The van der Waals surface area contributed by atoms with Crippen molar-refractivity contribution >= 4 is 27.4 Å². The van der Waals surface area contributed by atoms with Crippen LogP contribution in [-0.4, -0.2) is 48.2 Å². The van der Waals surface area contributed by atoms with Crippen molar-refractivity contribution in [3.63, 3.8) is 0 Å². The number of anilines is 1. The third-order valence-corrected chi connectivity index (χ3v) is 7.18. The van der Waals surface area contributed by atoms with Crippen molar-refractivity contribution in [2.45, 2.75) is 32.7 Å². The molecule has 5 rings (SSSR count). The molecule has 0 amide bonds. The summed E-state index contributed by atoms with van der Waals surface area (Å²) >= 11 is 1.87. The van der Waals surface area contributed by atoms with E-state index in [1.165, 1.54) is 51.0 Å². The van der Waals surface area contributed by atoms with E-state index in [1.54, 1.807) is 13.4 Å². The fourth-order valence-corrected chi connectivity index (χ4v) is 5.76. The highest BCUT2D eigenvalue weighted by Gasteiger charge is 2.26. The number of ether oxygens (including phenoxy) is 1. The van der Waals surface area contributed by atoms with Gasteiger partial charge in [-0.25, -0.2) is 9.97 Å². The summed E-state index contributed by atoms with van der Waals surface area (Å²) in [7, 11) is 1.76. The molecule has 6 heteroatoms. The van der Waals surface area contributed by atoms with Crippen molar-refractivity contribution in [1.82, 2.24) is 14.9 Å². The van der Waals surface area contributed by atoms with Gasteiger partial charge in [0.2, 0.25) is 0 Å². The van der Waals surface area contributed by atoms with Crippen LogP contribution in [0.3, 0.4) is 0 Å². The van der Waals surface area contributed by atoms with Crippen LogP contribution < -0.4 is 9.64 Å². The van der Waals surface area contributed by atoms with Gasteiger partial charge >= 0.3 is 0 Å². The molecule has 0 saturated carbocycles. The van der Waals surface area contributed by atoms with E-state index in [-0.39, 0.29) is 0 Å². The molecule has 0 spiro atoms. The zero-order chi connectivity index (χ0) is 19.1. The molecule has 5 nitrogen and oxygen atoms in total. The molecule has 0 atom stereocenters. The number of fused-ring (bicyclic) bond motifs is 3. The smallest absolute Gasteiger partial charge is 0.141 e.